The third-order valence-electron chi connectivity index (χ3n) is 5.34. The Morgan fingerprint density at radius 2 is 1.96 bits per heavy atom. The largest absolute Gasteiger partial charge is 0.342 e. The van der Waals surface area contributed by atoms with E-state index in [1.807, 2.05) is 4.90 Å². The minimum Gasteiger partial charge on any atom is -0.342 e. The summed E-state index contributed by atoms with van der Waals surface area (Å²) in [4.78, 5) is 35.7. The first-order valence-corrected chi connectivity index (χ1v) is 8.99. The van der Waals surface area contributed by atoms with Crippen molar-refractivity contribution in [3.8, 4) is 0 Å². The van der Waals surface area contributed by atoms with Crippen molar-refractivity contribution in [2.75, 3.05) is 13.1 Å². The smallest absolute Gasteiger partial charge is 0.263 e. The van der Waals surface area contributed by atoms with Crippen LogP contribution in [0, 0.1) is 5.92 Å². The Morgan fingerprint density at radius 3 is 2.72 bits per heavy atom. The summed E-state index contributed by atoms with van der Waals surface area (Å²) in [5, 5.41) is 0.553. The van der Waals surface area contributed by atoms with E-state index in [4.69, 9.17) is 0 Å². The number of hydrogen-bond donors (Lipinski definition) is 0. The van der Waals surface area contributed by atoms with E-state index in [-0.39, 0.29) is 23.4 Å². The second-order valence-corrected chi connectivity index (χ2v) is 6.87. The minimum atomic E-state index is -0.0414. The zero-order chi connectivity index (χ0) is 17.2. The second kappa shape index (κ2) is 6.78. The normalized spacial score (nSPS) is 21.6. The third-order valence-corrected chi connectivity index (χ3v) is 5.34. The number of aromatic nitrogens is 3. The molecule has 0 aromatic carbocycles. The van der Waals surface area contributed by atoms with Gasteiger partial charge in [0.05, 0.1) is 5.39 Å². The highest BCUT2D eigenvalue weighted by Crippen LogP contribution is 2.26. The maximum Gasteiger partial charge on any atom is 0.263 e. The molecule has 6 nitrogen and oxygen atoms in total. The third kappa shape index (κ3) is 3.08. The molecule has 2 aromatic rings. The number of likely N-dealkylation sites (tertiary alicyclic amines) is 1. The zero-order valence-corrected chi connectivity index (χ0v) is 14.2. The molecule has 1 aliphatic carbocycles. The predicted octanol–water partition coefficient (Wildman–Crippen LogP) is 2.31. The van der Waals surface area contributed by atoms with Gasteiger partial charge in [-0.05, 0) is 44.2 Å². The maximum atomic E-state index is 12.7. The average Bonchev–Trinajstić information content (AvgIpc) is 2.69. The molecule has 6 heteroatoms. The van der Waals surface area contributed by atoms with Crippen molar-refractivity contribution in [1.82, 2.24) is 19.4 Å². The molecule has 25 heavy (non-hydrogen) atoms. The number of piperidine rings is 1. The first-order valence-electron chi connectivity index (χ1n) is 8.99. The Labute approximate surface area is 146 Å². The van der Waals surface area contributed by atoms with Crippen LogP contribution in [0.2, 0.25) is 0 Å². The van der Waals surface area contributed by atoms with Crippen LogP contribution in [0.1, 0.15) is 38.1 Å². The van der Waals surface area contributed by atoms with Gasteiger partial charge >= 0.3 is 0 Å². The Kier molecular flexibility index (Phi) is 4.34. The van der Waals surface area contributed by atoms with E-state index in [1.54, 1.807) is 29.2 Å². The maximum absolute atomic E-state index is 12.7. The summed E-state index contributed by atoms with van der Waals surface area (Å²) in [5.41, 5.74) is 0.446. The van der Waals surface area contributed by atoms with E-state index >= 15 is 0 Å². The number of pyridine rings is 1. The van der Waals surface area contributed by atoms with Crippen LogP contribution >= 0.6 is 0 Å². The van der Waals surface area contributed by atoms with Crippen LogP contribution in [0.5, 0.6) is 0 Å². The summed E-state index contributed by atoms with van der Waals surface area (Å²) in [5.74, 6) is 0.411. The zero-order valence-electron chi connectivity index (χ0n) is 14.2. The standard InChI is InChI=1S/C19H22N4O2/c24-18(14-5-2-1-3-6-14)22-11-8-15(9-12-22)23-13-21-17-16(19(23)25)7-4-10-20-17/h1-2,4,7,10,13-15H,3,5-6,8-9,11-12H2. The van der Waals surface area contributed by atoms with Gasteiger partial charge in [-0.25, -0.2) is 9.97 Å². The highest BCUT2D eigenvalue weighted by Gasteiger charge is 2.29. The predicted molar refractivity (Wildman–Crippen MR) is 95.1 cm³/mol. The molecule has 0 bridgehead atoms. The molecule has 1 unspecified atom stereocenters. The van der Waals surface area contributed by atoms with Crippen molar-refractivity contribution in [2.45, 2.75) is 38.1 Å². The van der Waals surface area contributed by atoms with Crippen molar-refractivity contribution < 1.29 is 4.79 Å². The van der Waals surface area contributed by atoms with Crippen molar-refractivity contribution >= 4 is 16.9 Å². The van der Waals surface area contributed by atoms with Crippen molar-refractivity contribution in [3.05, 3.63) is 47.2 Å². The van der Waals surface area contributed by atoms with Gasteiger partial charge in [-0.3, -0.25) is 14.2 Å². The first kappa shape index (κ1) is 16.0. The Balaban J connectivity index is 1.47. The van der Waals surface area contributed by atoms with Gasteiger partial charge in [0, 0.05) is 31.2 Å². The minimum absolute atomic E-state index is 0.0414. The van der Waals surface area contributed by atoms with E-state index in [9.17, 15) is 9.59 Å². The lowest BCUT2D eigenvalue weighted by molar-refractivity contribution is -0.137. The fourth-order valence-corrected chi connectivity index (χ4v) is 3.88. The van der Waals surface area contributed by atoms with Gasteiger partial charge in [0.25, 0.3) is 5.56 Å². The second-order valence-electron chi connectivity index (χ2n) is 6.87. The lowest BCUT2D eigenvalue weighted by Crippen LogP contribution is -2.43. The van der Waals surface area contributed by atoms with Crippen LogP contribution in [0.25, 0.3) is 11.0 Å². The highest BCUT2D eigenvalue weighted by atomic mass is 16.2. The molecule has 2 aromatic heterocycles. The number of rotatable bonds is 2. The quantitative estimate of drug-likeness (QED) is 0.788. The Hall–Kier alpha value is -2.50. The lowest BCUT2D eigenvalue weighted by atomic mass is 9.92. The molecule has 1 aliphatic heterocycles. The number of allylic oxidation sites excluding steroid dienone is 2. The number of nitrogens with zero attached hydrogens (tertiary/aromatic N) is 4. The molecule has 1 saturated heterocycles. The Morgan fingerprint density at radius 1 is 1.12 bits per heavy atom. The van der Waals surface area contributed by atoms with Gasteiger partial charge in [0.15, 0.2) is 5.65 Å². The SMILES string of the molecule is O=C(C1CC=CCC1)N1CCC(n2cnc3ncccc3c2=O)CC1. The monoisotopic (exact) mass is 338 g/mol. The molecular formula is C19H22N4O2. The van der Waals surface area contributed by atoms with Gasteiger partial charge in [0.1, 0.15) is 6.33 Å². The molecule has 0 saturated carbocycles. The molecule has 4 rings (SSSR count). The first-order chi connectivity index (χ1) is 12.2. The molecule has 130 valence electrons. The van der Waals surface area contributed by atoms with Crippen molar-refractivity contribution in [2.24, 2.45) is 5.92 Å². The average molecular weight is 338 g/mol. The van der Waals surface area contributed by atoms with Crippen LogP contribution < -0.4 is 5.56 Å². The molecule has 0 radical (unpaired) electrons. The van der Waals surface area contributed by atoms with Gasteiger partial charge in [0.2, 0.25) is 5.91 Å². The molecule has 0 spiro atoms. The number of fused-ring (bicyclic) bond motifs is 1. The fourth-order valence-electron chi connectivity index (χ4n) is 3.88. The number of carbonyl (C=O) groups is 1. The van der Waals surface area contributed by atoms with Crippen LogP contribution in [-0.4, -0.2) is 38.4 Å². The molecule has 1 fully saturated rings. The summed E-state index contributed by atoms with van der Waals surface area (Å²) in [6.45, 7) is 1.42. The van der Waals surface area contributed by atoms with E-state index < -0.39 is 0 Å². The van der Waals surface area contributed by atoms with E-state index in [0.717, 1.165) is 32.1 Å². The molecular weight excluding hydrogens is 316 g/mol. The molecule has 0 N–H and O–H groups in total. The fraction of sp³-hybridized carbons (Fsp3) is 0.474. The number of amides is 1. The molecule has 1 atom stereocenters. The summed E-state index contributed by atoms with van der Waals surface area (Å²) < 4.78 is 1.72. The van der Waals surface area contributed by atoms with E-state index in [2.05, 4.69) is 22.1 Å². The van der Waals surface area contributed by atoms with Crippen LogP contribution in [-0.2, 0) is 4.79 Å². The van der Waals surface area contributed by atoms with Crippen LogP contribution in [0.3, 0.4) is 0 Å². The van der Waals surface area contributed by atoms with E-state index in [1.165, 1.54) is 0 Å². The summed E-state index contributed by atoms with van der Waals surface area (Å²) in [7, 11) is 0. The van der Waals surface area contributed by atoms with Gasteiger partial charge in [-0.1, -0.05) is 12.2 Å². The molecule has 2 aliphatic rings. The lowest BCUT2D eigenvalue weighted by Gasteiger charge is -2.35. The van der Waals surface area contributed by atoms with Crippen LogP contribution in [0.4, 0.5) is 0 Å². The highest BCUT2D eigenvalue weighted by molar-refractivity contribution is 5.79. The van der Waals surface area contributed by atoms with Gasteiger partial charge < -0.3 is 4.90 Å². The molecule has 1 amide bonds. The summed E-state index contributed by atoms with van der Waals surface area (Å²) in [6.07, 6.45) is 11.9. The Bertz CT molecular complexity index is 865. The van der Waals surface area contributed by atoms with Gasteiger partial charge in [-0.15, -0.1) is 0 Å². The number of carbonyl (C=O) groups excluding carboxylic acids is 1. The summed E-state index contributed by atoms with van der Waals surface area (Å²) >= 11 is 0. The van der Waals surface area contributed by atoms with Gasteiger partial charge in [-0.2, -0.15) is 0 Å². The molecule has 3 heterocycles. The van der Waals surface area contributed by atoms with Crippen molar-refractivity contribution in [3.63, 3.8) is 0 Å². The van der Waals surface area contributed by atoms with E-state index in [0.29, 0.717) is 24.1 Å². The van der Waals surface area contributed by atoms with Crippen molar-refractivity contribution in [1.29, 1.82) is 0 Å². The van der Waals surface area contributed by atoms with Crippen LogP contribution in [0.15, 0.2) is 41.6 Å². The topological polar surface area (TPSA) is 68.1 Å². The summed E-state index contributed by atoms with van der Waals surface area (Å²) in [6, 6.07) is 3.62. The number of hydrogen-bond acceptors (Lipinski definition) is 4.